The molecule has 3 aromatic carbocycles. The highest BCUT2D eigenvalue weighted by atomic mass is 16.5. The van der Waals surface area contributed by atoms with Gasteiger partial charge >= 0.3 is 0 Å². The van der Waals surface area contributed by atoms with Crippen LogP contribution in [0.4, 0.5) is 11.5 Å². The average Bonchev–Trinajstić information content (AvgIpc) is 2.75. The van der Waals surface area contributed by atoms with Crippen molar-refractivity contribution in [1.29, 1.82) is 0 Å². The molecular weight excluding hydrogens is 366 g/mol. The van der Waals surface area contributed by atoms with E-state index < -0.39 is 0 Å². The van der Waals surface area contributed by atoms with Crippen molar-refractivity contribution in [1.82, 2.24) is 9.97 Å². The Bertz CT molecular complexity index is 1160. The average molecular weight is 387 g/mol. The van der Waals surface area contributed by atoms with E-state index in [0.717, 1.165) is 33.7 Å². The van der Waals surface area contributed by atoms with E-state index in [1.54, 1.807) is 14.2 Å². The molecule has 0 radical (unpaired) electrons. The minimum absolute atomic E-state index is 0.620. The monoisotopic (exact) mass is 387 g/mol. The van der Waals surface area contributed by atoms with Crippen molar-refractivity contribution in [3.63, 3.8) is 0 Å². The normalized spacial score (nSPS) is 10.6. The van der Waals surface area contributed by atoms with E-state index in [4.69, 9.17) is 14.2 Å². The van der Waals surface area contributed by atoms with E-state index in [1.807, 2.05) is 67.6 Å². The number of aromatic nitrogens is 2. The topological polar surface area (TPSA) is 65.5 Å². The number of hydrogen-bond donors (Lipinski definition) is 1. The number of benzene rings is 3. The molecule has 6 heteroatoms. The van der Waals surface area contributed by atoms with Crippen molar-refractivity contribution < 1.29 is 14.2 Å². The van der Waals surface area contributed by atoms with Gasteiger partial charge in [0, 0.05) is 23.2 Å². The maximum atomic E-state index is 6.03. The van der Waals surface area contributed by atoms with Crippen molar-refractivity contribution in [2.75, 3.05) is 19.5 Å². The lowest BCUT2D eigenvalue weighted by Crippen LogP contribution is -1.98. The van der Waals surface area contributed by atoms with Crippen LogP contribution in [0.1, 0.15) is 5.56 Å². The van der Waals surface area contributed by atoms with Gasteiger partial charge in [-0.2, -0.15) is 0 Å². The number of ether oxygens (including phenoxy) is 3. The van der Waals surface area contributed by atoms with Crippen LogP contribution in [0.2, 0.25) is 0 Å². The van der Waals surface area contributed by atoms with Gasteiger partial charge in [0.2, 0.25) is 0 Å². The minimum atomic E-state index is 0.620. The zero-order valence-electron chi connectivity index (χ0n) is 16.5. The molecule has 0 spiro atoms. The van der Waals surface area contributed by atoms with Crippen LogP contribution in [0.25, 0.3) is 10.9 Å². The fourth-order valence-electron chi connectivity index (χ4n) is 3.05. The zero-order chi connectivity index (χ0) is 20.2. The quantitative estimate of drug-likeness (QED) is 0.472. The summed E-state index contributed by atoms with van der Waals surface area (Å²) in [6.07, 6.45) is 1.52. The first-order chi connectivity index (χ1) is 14.2. The van der Waals surface area contributed by atoms with Gasteiger partial charge in [-0.25, -0.2) is 9.97 Å². The molecule has 0 unspecified atom stereocenters. The fourth-order valence-corrected chi connectivity index (χ4v) is 3.05. The molecule has 1 N–H and O–H groups in total. The van der Waals surface area contributed by atoms with Gasteiger partial charge in [0.25, 0.3) is 0 Å². The number of hydrogen-bond acceptors (Lipinski definition) is 6. The maximum Gasteiger partial charge on any atom is 0.162 e. The Labute approximate surface area is 169 Å². The number of methoxy groups -OCH3 is 2. The number of nitrogens with one attached hydrogen (secondary N) is 1. The number of aryl methyl sites for hydroxylation is 1. The molecule has 4 rings (SSSR count). The first-order valence-corrected chi connectivity index (χ1v) is 9.15. The van der Waals surface area contributed by atoms with Crippen LogP contribution >= 0.6 is 0 Å². The lowest BCUT2D eigenvalue weighted by atomic mass is 10.2. The van der Waals surface area contributed by atoms with Gasteiger partial charge in [0.1, 0.15) is 23.6 Å². The SMILES string of the molecule is COc1cc2ncnc(Nc3cccc(Oc4ccccc4C)c3)c2cc1OC. The van der Waals surface area contributed by atoms with Crippen LogP contribution in [0.3, 0.4) is 0 Å². The number of nitrogens with zero attached hydrogens (tertiary/aromatic N) is 2. The molecule has 0 amide bonds. The van der Waals surface area contributed by atoms with Crippen LogP contribution < -0.4 is 19.5 Å². The Kier molecular flexibility index (Phi) is 5.16. The molecule has 0 saturated carbocycles. The summed E-state index contributed by atoms with van der Waals surface area (Å²) in [7, 11) is 3.21. The van der Waals surface area contributed by atoms with Crippen LogP contribution in [0, 0.1) is 6.92 Å². The highest BCUT2D eigenvalue weighted by Gasteiger charge is 2.11. The van der Waals surface area contributed by atoms with Crippen LogP contribution in [0.15, 0.2) is 67.0 Å². The van der Waals surface area contributed by atoms with Gasteiger partial charge in [-0.05, 0) is 36.8 Å². The van der Waals surface area contributed by atoms with E-state index in [2.05, 4.69) is 15.3 Å². The van der Waals surface area contributed by atoms with Gasteiger partial charge in [-0.3, -0.25) is 0 Å². The molecule has 0 bridgehead atoms. The van der Waals surface area contributed by atoms with E-state index in [1.165, 1.54) is 6.33 Å². The first kappa shape index (κ1) is 18.6. The Morgan fingerprint density at radius 3 is 2.38 bits per heavy atom. The van der Waals surface area contributed by atoms with Gasteiger partial charge in [0.15, 0.2) is 11.5 Å². The summed E-state index contributed by atoms with van der Waals surface area (Å²) in [5.74, 6) is 3.48. The molecule has 0 atom stereocenters. The van der Waals surface area contributed by atoms with E-state index in [0.29, 0.717) is 17.3 Å². The molecule has 0 fully saturated rings. The molecular formula is C23H21N3O3. The largest absolute Gasteiger partial charge is 0.493 e. The molecule has 1 aromatic heterocycles. The smallest absolute Gasteiger partial charge is 0.162 e. The zero-order valence-corrected chi connectivity index (χ0v) is 16.5. The molecule has 0 saturated heterocycles. The van der Waals surface area contributed by atoms with Gasteiger partial charge in [-0.15, -0.1) is 0 Å². The number of anilines is 2. The second kappa shape index (κ2) is 8.06. The summed E-state index contributed by atoms with van der Waals surface area (Å²) in [5.41, 5.74) is 2.69. The van der Waals surface area contributed by atoms with E-state index >= 15 is 0 Å². The molecule has 29 heavy (non-hydrogen) atoms. The van der Waals surface area contributed by atoms with Gasteiger partial charge in [-0.1, -0.05) is 24.3 Å². The minimum Gasteiger partial charge on any atom is -0.493 e. The summed E-state index contributed by atoms with van der Waals surface area (Å²) in [5, 5.41) is 4.18. The van der Waals surface area contributed by atoms with Crippen molar-refractivity contribution >= 4 is 22.4 Å². The summed E-state index contributed by atoms with van der Waals surface area (Å²) >= 11 is 0. The molecule has 0 aliphatic rings. The highest BCUT2D eigenvalue weighted by Crippen LogP contribution is 2.35. The Balaban J connectivity index is 1.66. The predicted molar refractivity (Wildman–Crippen MR) is 114 cm³/mol. The first-order valence-electron chi connectivity index (χ1n) is 9.15. The molecule has 0 aliphatic heterocycles. The van der Waals surface area contributed by atoms with Crippen LogP contribution in [-0.2, 0) is 0 Å². The van der Waals surface area contributed by atoms with Crippen molar-refractivity contribution in [2.24, 2.45) is 0 Å². The predicted octanol–water partition coefficient (Wildman–Crippen LogP) is 5.49. The third-order valence-corrected chi connectivity index (χ3v) is 4.56. The third kappa shape index (κ3) is 3.91. The summed E-state index contributed by atoms with van der Waals surface area (Å²) in [6.45, 7) is 2.02. The molecule has 4 aromatic rings. The Morgan fingerprint density at radius 1 is 0.793 bits per heavy atom. The van der Waals surface area contributed by atoms with Gasteiger partial charge < -0.3 is 19.5 Å². The molecule has 6 nitrogen and oxygen atoms in total. The van der Waals surface area contributed by atoms with E-state index in [9.17, 15) is 0 Å². The fraction of sp³-hybridized carbons (Fsp3) is 0.130. The van der Waals surface area contributed by atoms with Crippen molar-refractivity contribution in [3.05, 3.63) is 72.6 Å². The van der Waals surface area contributed by atoms with E-state index in [-0.39, 0.29) is 0 Å². The van der Waals surface area contributed by atoms with Crippen LogP contribution in [-0.4, -0.2) is 24.2 Å². The van der Waals surface area contributed by atoms with Crippen LogP contribution in [0.5, 0.6) is 23.0 Å². The second-order valence-corrected chi connectivity index (χ2v) is 6.47. The van der Waals surface area contributed by atoms with Gasteiger partial charge in [0.05, 0.1) is 19.7 Å². The number of fused-ring (bicyclic) bond motifs is 1. The second-order valence-electron chi connectivity index (χ2n) is 6.47. The van der Waals surface area contributed by atoms with Crippen molar-refractivity contribution in [2.45, 2.75) is 6.92 Å². The highest BCUT2D eigenvalue weighted by molar-refractivity contribution is 5.93. The number of para-hydroxylation sites is 1. The summed E-state index contributed by atoms with van der Waals surface area (Å²) in [4.78, 5) is 8.74. The molecule has 0 aliphatic carbocycles. The Morgan fingerprint density at radius 2 is 1.59 bits per heavy atom. The Hall–Kier alpha value is -3.80. The maximum absolute atomic E-state index is 6.03. The standard InChI is InChI=1S/C23H21N3O3/c1-15-7-4-5-10-20(15)29-17-9-6-8-16(11-17)26-23-18-12-21(27-2)22(28-3)13-19(18)24-14-25-23/h4-14H,1-3H3,(H,24,25,26). The number of rotatable bonds is 6. The lowest BCUT2D eigenvalue weighted by Gasteiger charge is -2.13. The summed E-state index contributed by atoms with van der Waals surface area (Å²) in [6, 6.07) is 19.4. The molecule has 1 heterocycles. The lowest BCUT2D eigenvalue weighted by molar-refractivity contribution is 0.356. The molecule has 146 valence electrons. The third-order valence-electron chi connectivity index (χ3n) is 4.56. The van der Waals surface area contributed by atoms with Crippen molar-refractivity contribution in [3.8, 4) is 23.0 Å². The summed E-state index contributed by atoms with van der Waals surface area (Å²) < 4.78 is 16.8.